The number of halogens is 1. The predicted octanol–water partition coefficient (Wildman–Crippen LogP) is 2.90. The third kappa shape index (κ3) is 4.92. The summed E-state index contributed by atoms with van der Waals surface area (Å²) in [6.07, 6.45) is 0. The Hall–Kier alpha value is -1.90. The Labute approximate surface area is 169 Å². The topological polar surface area (TPSA) is 57.7 Å². The number of benzene rings is 2. The molecule has 0 radical (unpaired) electrons. The molecular weight excluding hydrogens is 399 g/mol. The van der Waals surface area contributed by atoms with Gasteiger partial charge in [-0.05, 0) is 24.6 Å². The molecule has 0 atom stereocenters. The average molecular weight is 423 g/mol. The Morgan fingerprint density at radius 1 is 1.04 bits per heavy atom. The van der Waals surface area contributed by atoms with Crippen LogP contribution in [0.1, 0.15) is 11.1 Å². The first kappa shape index (κ1) is 20.8. The van der Waals surface area contributed by atoms with E-state index in [0.29, 0.717) is 18.8 Å². The lowest BCUT2D eigenvalue weighted by molar-refractivity contribution is -0.129. The van der Waals surface area contributed by atoms with Crippen molar-refractivity contribution in [3.8, 4) is 0 Å². The molecule has 0 bridgehead atoms. The number of hydrogen-bond donors (Lipinski definition) is 0. The molecule has 1 aliphatic rings. The zero-order valence-electron chi connectivity index (χ0n) is 15.7. The number of piperazine rings is 1. The highest BCUT2D eigenvalue weighted by molar-refractivity contribution is 7.99. The molecule has 1 saturated heterocycles. The molecule has 8 heteroatoms. The van der Waals surface area contributed by atoms with Crippen molar-refractivity contribution in [2.24, 2.45) is 0 Å². The van der Waals surface area contributed by atoms with Crippen molar-refractivity contribution in [1.82, 2.24) is 9.21 Å². The van der Waals surface area contributed by atoms with Gasteiger partial charge in [0.25, 0.3) is 0 Å². The van der Waals surface area contributed by atoms with Crippen molar-refractivity contribution < 1.29 is 17.6 Å². The van der Waals surface area contributed by atoms with Gasteiger partial charge in [-0.15, -0.1) is 11.8 Å². The van der Waals surface area contributed by atoms with Gasteiger partial charge in [0.05, 0.1) is 5.75 Å². The number of sulfonamides is 1. The van der Waals surface area contributed by atoms with Crippen LogP contribution >= 0.6 is 11.8 Å². The smallest absolute Gasteiger partial charge is 0.246 e. The van der Waals surface area contributed by atoms with Gasteiger partial charge in [0.1, 0.15) is 10.7 Å². The zero-order chi connectivity index (χ0) is 20.1. The van der Waals surface area contributed by atoms with E-state index in [1.807, 2.05) is 19.1 Å². The quantitative estimate of drug-likeness (QED) is 0.718. The number of aryl methyl sites for hydroxylation is 1. The highest BCUT2D eigenvalue weighted by atomic mass is 32.2. The van der Waals surface area contributed by atoms with E-state index in [9.17, 15) is 17.6 Å². The van der Waals surface area contributed by atoms with E-state index >= 15 is 0 Å². The first-order valence-electron chi connectivity index (χ1n) is 9.03. The summed E-state index contributed by atoms with van der Waals surface area (Å²) in [5.41, 5.74) is 2.37. The number of hydrogen-bond acceptors (Lipinski definition) is 4. The number of nitrogens with zero attached hydrogens (tertiary/aromatic N) is 2. The molecule has 150 valence electrons. The monoisotopic (exact) mass is 422 g/mol. The van der Waals surface area contributed by atoms with Crippen LogP contribution in [0.3, 0.4) is 0 Å². The third-order valence-electron chi connectivity index (χ3n) is 4.66. The molecule has 0 aromatic heterocycles. The minimum atomic E-state index is -3.88. The maximum Gasteiger partial charge on any atom is 0.246 e. The van der Waals surface area contributed by atoms with Crippen LogP contribution in [0.25, 0.3) is 0 Å². The molecule has 1 aliphatic heterocycles. The molecule has 2 aromatic carbocycles. The Morgan fingerprint density at radius 3 is 2.32 bits per heavy atom. The summed E-state index contributed by atoms with van der Waals surface area (Å²) in [4.78, 5) is 13.8. The lowest BCUT2D eigenvalue weighted by Crippen LogP contribution is -2.51. The second kappa shape index (κ2) is 9.07. The van der Waals surface area contributed by atoms with Crippen molar-refractivity contribution in [1.29, 1.82) is 0 Å². The van der Waals surface area contributed by atoms with E-state index in [2.05, 4.69) is 12.1 Å². The highest BCUT2D eigenvalue weighted by Gasteiger charge is 2.31. The summed E-state index contributed by atoms with van der Waals surface area (Å²) in [6.45, 7) is 3.01. The normalized spacial score (nSPS) is 15.6. The zero-order valence-corrected chi connectivity index (χ0v) is 17.3. The van der Waals surface area contributed by atoms with Crippen LogP contribution in [0.15, 0.2) is 53.4 Å². The van der Waals surface area contributed by atoms with E-state index in [4.69, 9.17) is 0 Å². The highest BCUT2D eigenvalue weighted by Crippen LogP contribution is 2.21. The van der Waals surface area contributed by atoms with Crippen LogP contribution in [0.2, 0.25) is 0 Å². The van der Waals surface area contributed by atoms with E-state index < -0.39 is 15.8 Å². The Morgan fingerprint density at radius 2 is 1.68 bits per heavy atom. The molecule has 0 aliphatic carbocycles. The van der Waals surface area contributed by atoms with Crippen LogP contribution in [-0.2, 0) is 20.6 Å². The summed E-state index contributed by atoms with van der Waals surface area (Å²) in [5.74, 6) is 0.357. The number of thioether (sulfide) groups is 1. The number of rotatable bonds is 6. The summed E-state index contributed by atoms with van der Waals surface area (Å²) in [5, 5.41) is 0. The number of carbonyl (C=O) groups excluding carboxylic acids is 1. The van der Waals surface area contributed by atoms with Crippen molar-refractivity contribution in [2.45, 2.75) is 17.6 Å². The van der Waals surface area contributed by atoms with Gasteiger partial charge in [-0.2, -0.15) is 4.31 Å². The standard InChI is InChI=1S/C20H23FN2O3S2/c1-16-6-8-17(9-7-16)14-27-15-20(24)22-10-12-23(13-11-22)28(25,26)19-5-3-2-4-18(19)21/h2-9H,10-15H2,1H3. The van der Waals surface area contributed by atoms with Crippen molar-refractivity contribution in [2.75, 3.05) is 31.9 Å². The van der Waals surface area contributed by atoms with Gasteiger partial charge < -0.3 is 4.90 Å². The van der Waals surface area contributed by atoms with E-state index in [1.165, 1.54) is 33.6 Å². The molecule has 0 spiro atoms. The summed E-state index contributed by atoms with van der Waals surface area (Å²) < 4.78 is 40.3. The molecule has 1 amide bonds. The summed E-state index contributed by atoms with van der Waals surface area (Å²) >= 11 is 1.55. The predicted molar refractivity (Wildman–Crippen MR) is 109 cm³/mol. The lowest BCUT2D eigenvalue weighted by Gasteiger charge is -2.34. The van der Waals surface area contributed by atoms with Crippen LogP contribution in [-0.4, -0.2) is 55.5 Å². The van der Waals surface area contributed by atoms with E-state index in [1.54, 1.807) is 16.7 Å². The fourth-order valence-corrected chi connectivity index (χ4v) is 5.38. The Kier molecular flexibility index (Phi) is 6.74. The first-order valence-corrected chi connectivity index (χ1v) is 11.6. The third-order valence-corrected chi connectivity index (χ3v) is 7.58. The molecule has 2 aromatic rings. The molecule has 5 nitrogen and oxygen atoms in total. The largest absolute Gasteiger partial charge is 0.339 e. The summed E-state index contributed by atoms with van der Waals surface area (Å²) in [6, 6.07) is 13.6. The van der Waals surface area contributed by atoms with Crippen LogP contribution in [0.4, 0.5) is 4.39 Å². The average Bonchev–Trinajstić information content (AvgIpc) is 2.69. The Bertz CT molecular complexity index is 925. The number of carbonyl (C=O) groups is 1. The maximum atomic E-state index is 13.9. The number of amides is 1. The van der Waals surface area contributed by atoms with Crippen molar-refractivity contribution >= 4 is 27.7 Å². The van der Waals surface area contributed by atoms with Gasteiger partial charge in [0, 0.05) is 31.9 Å². The van der Waals surface area contributed by atoms with Gasteiger partial charge in [0.2, 0.25) is 15.9 Å². The summed E-state index contributed by atoms with van der Waals surface area (Å²) in [7, 11) is -3.88. The fraction of sp³-hybridized carbons (Fsp3) is 0.350. The molecule has 0 N–H and O–H groups in total. The van der Waals surface area contributed by atoms with Gasteiger partial charge >= 0.3 is 0 Å². The second-order valence-electron chi connectivity index (χ2n) is 6.69. The van der Waals surface area contributed by atoms with Crippen LogP contribution in [0, 0.1) is 12.7 Å². The van der Waals surface area contributed by atoms with E-state index in [-0.39, 0.29) is 23.9 Å². The fourth-order valence-electron chi connectivity index (χ4n) is 3.00. The molecular formula is C20H23FN2O3S2. The molecule has 1 heterocycles. The van der Waals surface area contributed by atoms with Crippen molar-refractivity contribution in [3.63, 3.8) is 0 Å². The maximum absolute atomic E-state index is 13.9. The molecule has 28 heavy (non-hydrogen) atoms. The van der Waals surface area contributed by atoms with Crippen LogP contribution in [0.5, 0.6) is 0 Å². The second-order valence-corrected chi connectivity index (χ2v) is 9.59. The van der Waals surface area contributed by atoms with Crippen molar-refractivity contribution in [3.05, 3.63) is 65.5 Å². The van der Waals surface area contributed by atoms with Crippen LogP contribution < -0.4 is 0 Å². The van der Waals surface area contributed by atoms with E-state index in [0.717, 1.165) is 11.8 Å². The van der Waals surface area contributed by atoms with Gasteiger partial charge in [-0.1, -0.05) is 42.0 Å². The van der Waals surface area contributed by atoms with Gasteiger partial charge in [-0.25, -0.2) is 12.8 Å². The molecule has 1 fully saturated rings. The molecule has 3 rings (SSSR count). The minimum absolute atomic E-state index is 0.0000475. The van der Waals surface area contributed by atoms with Gasteiger partial charge in [-0.3, -0.25) is 4.79 Å². The molecule has 0 unspecified atom stereocenters. The Balaban J connectivity index is 1.50. The first-order chi connectivity index (χ1) is 13.4. The lowest BCUT2D eigenvalue weighted by atomic mass is 10.2. The molecule has 0 saturated carbocycles. The minimum Gasteiger partial charge on any atom is -0.339 e. The SMILES string of the molecule is Cc1ccc(CSCC(=O)N2CCN(S(=O)(=O)c3ccccc3F)CC2)cc1. The van der Waals surface area contributed by atoms with Gasteiger partial charge in [0.15, 0.2) is 0 Å².